The van der Waals surface area contributed by atoms with Crippen molar-refractivity contribution in [2.75, 3.05) is 13.1 Å². The maximum absolute atomic E-state index is 13.8. The number of carbonyl (C=O) groups excluding carboxylic acids is 2. The third kappa shape index (κ3) is 5.63. The molecule has 2 aromatic rings. The summed E-state index contributed by atoms with van der Waals surface area (Å²) in [6, 6.07) is 6.14. The van der Waals surface area contributed by atoms with Gasteiger partial charge in [0.15, 0.2) is 22.5 Å². The van der Waals surface area contributed by atoms with Crippen molar-refractivity contribution in [1.82, 2.24) is 19.7 Å². The second kappa shape index (κ2) is 10.4. The fraction of sp³-hybridized carbons (Fsp3) is 0.429. The standard InChI is InChI=1S/C21H26FN5O3S/c1-3-10-27-18(13-30-17-7-5-4-6-16(17)22)24-25-21(27)31-14(2)20(29)26-11-8-15(9-12-26)19(23)28/h3-7,14-15H,1,8-13H2,2H3,(H2,23,28). The van der Waals surface area contributed by atoms with Crippen molar-refractivity contribution in [1.29, 1.82) is 0 Å². The van der Waals surface area contributed by atoms with Gasteiger partial charge in [-0.2, -0.15) is 0 Å². The highest BCUT2D eigenvalue weighted by molar-refractivity contribution is 8.00. The van der Waals surface area contributed by atoms with E-state index in [0.29, 0.717) is 43.5 Å². The van der Waals surface area contributed by atoms with Crippen LogP contribution in [0.4, 0.5) is 4.39 Å². The zero-order chi connectivity index (χ0) is 22.4. The molecule has 1 unspecified atom stereocenters. The molecule has 31 heavy (non-hydrogen) atoms. The van der Waals surface area contributed by atoms with E-state index >= 15 is 0 Å². The average Bonchev–Trinajstić information content (AvgIpc) is 3.14. The van der Waals surface area contributed by atoms with Crippen LogP contribution >= 0.6 is 11.8 Å². The molecule has 1 aromatic heterocycles. The highest BCUT2D eigenvalue weighted by Gasteiger charge is 2.29. The first-order valence-corrected chi connectivity index (χ1v) is 10.9. The van der Waals surface area contributed by atoms with Gasteiger partial charge in [0, 0.05) is 25.6 Å². The van der Waals surface area contributed by atoms with E-state index < -0.39 is 11.1 Å². The number of nitrogens with zero attached hydrogens (tertiary/aromatic N) is 4. The van der Waals surface area contributed by atoms with Gasteiger partial charge >= 0.3 is 0 Å². The van der Waals surface area contributed by atoms with Crippen LogP contribution in [0.3, 0.4) is 0 Å². The number of benzene rings is 1. The molecule has 1 aliphatic rings. The van der Waals surface area contributed by atoms with Gasteiger partial charge < -0.3 is 15.4 Å². The van der Waals surface area contributed by atoms with Crippen LogP contribution in [0.15, 0.2) is 42.1 Å². The summed E-state index contributed by atoms with van der Waals surface area (Å²) in [5, 5.41) is 8.51. The minimum absolute atomic E-state index is 0.0229. The molecule has 1 fully saturated rings. The summed E-state index contributed by atoms with van der Waals surface area (Å²) in [6.45, 7) is 7.06. The minimum Gasteiger partial charge on any atom is -0.483 e. The van der Waals surface area contributed by atoms with Crippen molar-refractivity contribution >= 4 is 23.6 Å². The largest absolute Gasteiger partial charge is 0.483 e. The first-order valence-electron chi connectivity index (χ1n) is 10.1. The van der Waals surface area contributed by atoms with Crippen molar-refractivity contribution in [3.8, 4) is 5.75 Å². The summed E-state index contributed by atoms with van der Waals surface area (Å²) >= 11 is 1.29. The quantitative estimate of drug-likeness (QED) is 0.468. The van der Waals surface area contributed by atoms with Crippen LogP contribution in [0.2, 0.25) is 0 Å². The van der Waals surface area contributed by atoms with E-state index in [1.54, 1.807) is 33.7 Å². The zero-order valence-corrected chi connectivity index (χ0v) is 18.2. The number of piperidine rings is 1. The zero-order valence-electron chi connectivity index (χ0n) is 17.4. The van der Waals surface area contributed by atoms with Gasteiger partial charge in [-0.15, -0.1) is 16.8 Å². The maximum Gasteiger partial charge on any atom is 0.235 e. The molecule has 0 aliphatic carbocycles. The van der Waals surface area contributed by atoms with Crippen LogP contribution < -0.4 is 10.5 Å². The molecule has 8 nitrogen and oxygen atoms in total. The van der Waals surface area contributed by atoms with Crippen molar-refractivity contribution in [3.63, 3.8) is 0 Å². The van der Waals surface area contributed by atoms with Gasteiger partial charge in [0.1, 0.15) is 6.61 Å². The number of primary amides is 1. The Labute approximate surface area is 184 Å². The summed E-state index contributed by atoms with van der Waals surface area (Å²) in [6.07, 6.45) is 2.87. The van der Waals surface area contributed by atoms with Crippen LogP contribution in [0.1, 0.15) is 25.6 Å². The Kier molecular flexibility index (Phi) is 7.67. The van der Waals surface area contributed by atoms with Crippen LogP contribution in [0.25, 0.3) is 0 Å². The van der Waals surface area contributed by atoms with E-state index in [1.807, 2.05) is 6.92 Å². The summed E-state index contributed by atoms with van der Waals surface area (Å²) < 4.78 is 21.1. The van der Waals surface area contributed by atoms with Gasteiger partial charge in [-0.1, -0.05) is 30.0 Å². The smallest absolute Gasteiger partial charge is 0.235 e. The van der Waals surface area contributed by atoms with Crippen molar-refractivity contribution in [3.05, 3.63) is 48.6 Å². The van der Waals surface area contributed by atoms with Gasteiger partial charge in [0.2, 0.25) is 11.8 Å². The first-order chi connectivity index (χ1) is 14.9. The molecule has 166 valence electrons. The Morgan fingerprint density at radius 1 is 1.35 bits per heavy atom. The second-order valence-corrected chi connectivity index (χ2v) is 8.59. The Morgan fingerprint density at radius 2 is 2.06 bits per heavy atom. The predicted molar refractivity (Wildman–Crippen MR) is 115 cm³/mol. The normalized spacial score (nSPS) is 15.5. The molecule has 0 spiro atoms. The van der Waals surface area contributed by atoms with Gasteiger partial charge in [0.25, 0.3) is 0 Å². The van der Waals surface area contributed by atoms with Crippen LogP contribution in [-0.4, -0.2) is 49.8 Å². The first kappa shape index (κ1) is 22.8. The number of amides is 2. The molecule has 1 saturated heterocycles. The second-order valence-electron chi connectivity index (χ2n) is 7.28. The Bertz CT molecular complexity index is 943. The minimum atomic E-state index is -0.453. The van der Waals surface area contributed by atoms with E-state index in [1.165, 1.54) is 17.8 Å². The van der Waals surface area contributed by atoms with E-state index in [2.05, 4.69) is 16.8 Å². The van der Waals surface area contributed by atoms with Gasteiger partial charge in [-0.05, 0) is 31.9 Å². The third-order valence-electron chi connectivity index (χ3n) is 5.14. The number of aromatic nitrogens is 3. The summed E-state index contributed by atoms with van der Waals surface area (Å²) in [4.78, 5) is 25.9. The van der Waals surface area contributed by atoms with Gasteiger partial charge in [-0.3, -0.25) is 14.2 Å². The monoisotopic (exact) mass is 447 g/mol. The number of ether oxygens (including phenoxy) is 1. The molecule has 0 saturated carbocycles. The Morgan fingerprint density at radius 3 is 2.71 bits per heavy atom. The van der Waals surface area contributed by atoms with E-state index in [4.69, 9.17) is 10.5 Å². The number of hydrogen-bond donors (Lipinski definition) is 1. The summed E-state index contributed by atoms with van der Waals surface area (Å²) in [5.74, 6) is -0.311. The lowest BCUT2D eigenvalue weighted by Crippen LogP contribution is -2.44. The maximum atomic E-state index is 13.8. The highest BCUT2D eigenvalue weighted by Crippen LogP contribution is 2.26. The van der Waals surface area contributed by atoms with Crippen LogP contribution in [0.5, 0.6) is 5.75 Å². The predicted octanol–water partition coefficient (Wildman–Crippen LogP) is 2.39. The van der Waals surface area contributed by atoms with Crippen molar-refractivity contribution < 1.29 is 18.7 Å². The Balaban J connectivity index is 1.64. The van der Waals surface area contributed by atoms with Crippen molar-refractivity contribution in [2.24, 2.45) is 11.7 Å². The SMILES string of the molecule is C=CCn1c(COc2ccccc2F)nnc1SC(C)C(=O)N1CCC(C(N)=O)CC1. The molecular weight excluding hydrogens is 421 g/mol. The number of para-hydroxylation sites is 1. The number of nitrogens with two attached hydrogens (primary N) is 1. The highest BCUT2D eigenvalue weighted by atomic mass is 32.2. The Hall–Kier alpha value is -2.88. The molecule has 2 heterocycles. The molecule has 1 aliphatic heterocycles. The topological polar surface area (TPSA) is 103 Å². The van der Waals surface area contributed by atoms with E-state index in [9.17, 15) is 14.0 Å². The molecule has 0 bridgehead atoms. The van der Waals surface area contributed by atoms with Crippen LogP contribution in [-0.2, 0) is 22.7 Å². The number of carbonyl (C=O) groups is 2. The molecular formula is C21H26FN5O3S. The molecule has 1 atom stereocenters. The number of hydrogen-bond acceptors (Lipinski definition) is 6. The van der Waals surface area contributed by atoms with Gasteiger partial charge in [-0.25, -0.2) is 4.39 Å². The van der Waals surface area contributed by atoms with Crippen LogP contribution in [0, 0.1) is 11.7 Å². The molecule has 2 amide bonds. The molecule has 2 N–H and O–H groups in total. The number of likely N-dealkylation sites (tertiary alicyclic amines) is 1. The average molecular weight is 448 g/mol. The number of thioether (sulfide) groups is 1. The fourth-order valence-electron chi connectivity index (χ4n) is 3.38. The fourth-order valence-corrected chi connectivity index (χ4v) is 4.34. The van der Waals surface area contributed by atoms with E-state index in [-0.39, 0.29) is 30.1 Å². The third-order valence-corrected chi connectivity index (χ3v) is 6.21. The number of halogens is 1. The molecule has 10 heteroatoms. The molecule has 1 aromatic carbocycles. The molecule has 3 rings (SSSR count). The van der Waals surface area contributed by atoms with Crippen molar-refractivity contribution in [2.45, 2.75) is 43.3 Å². The number of allylic oxidation sites excluding steroid dienone is 1. The van der Waals surface area contributed by atoms with E-state index in [0.717, 1.165) is 0 Å². The van der Waals surface area contributed by atoms with Gasteiger partial charge in [0.05, 0.1) is 5.25 Å². The lowest BCUT2D eigenvalue weighted by Gasteiger charge is -2.32. The lowest BCUT2D eigenvalue weighted by atomic mass is 9.96. The summed E-state index contributed by atoms with van der Waals surface area (Å²) in [5.41, 5.74) is 5.36. The molecule has 0 radical (unpaired) electrons. The lowest BCUT2D eigenvalue weighted by molar-refractivity contribution is -0.134. The summed E-state index contributed by atoms with van der Waals surface area (Å²) in [7, 11) is 0. The number of rotatable bonds is 9.